The van der Waals surface area contributed by atoms with Crippen LogP contribution in [0.5, 0.6) is 5.75 Å². The minimum atomic E-state index is -0.163. The first kappa shape index (κ1) is 14.3. The molecule has 0 aliphatic carbocycles. The third-order valence-corrected chi connectivity index (χ3v) is 2.44. The maximum Gasteiger partial charge on any atom is 0.223 e. The number of ether oxygens (including phenoxy) is 1. The fourth-order valence-electron chi connectivity index (χ4n) is 1.65. The number of hydrogen-bond donors (Lipinski definition) is 3. The Bertz CT molecular complexity index is 658. The van der Waals surface area contributed by atoms with Gasteiger partial charge in [-0.25, -0.2) is 4.99 Å². The predicted molar refractivity (Wildman–Crippen MR) is 79.6 cm³/mol. The fraction of sp³-hybridized carbons (Fsp3) is 0.167. The SMILES string of the molecule is CCOc1ccc(-n2cnnc2)cc1N=C(N)N=C(N)N. The van der Waals surface area contributed by atoms with E-state index < -0.39 is 0 Å². The lowest BCUT2D eigenvalue weighted by molar-refractivity contribution is 0.341. The lowest BCUT2D eigenvalue weighted by Gasteiger charge is -2.09. The minimum absolute atomic E-state index is 0.0585. The van der Waals surface area contributed by atoms with E-state index in [1.54, 1.807) is 29.4 Å². The largest absolute Gasteiger partial charge is 0.492 e. The number of aromatic nitrogens is 3. The van der Waals surface area contributed by atoms with Crippen molar-refractivity contribution in [1.29, 1.82) is 0 Å². The Morgan fingerprint density at radius 1 is 1.24 bits per heavy atom. The summed E-state index contributed by atoms with van der Waals surface area (Å²) in [6.07, 6.45) is 3.14. The summed E-state index contributed by atoms with van der Waals surface area (Å²) in [5.41, 5.74) is 17.5. The van der Waals surface area contributed by atoms with Crippen LogP contribution in [0.2, 0.25) is 0 Å². The molecule has 0 amide bonds. The van der Waals surface area contributed by atoms with Crippen molar-refractivity contribution in [2.75, 3.05) is 6.61 Å². The molecule has 0 spiro atoms. The zero-order chi connectivity index (χ0) is 15.2. The van der Waals surface area contributed by atoms with Crippen LogP contribution in [0.4, 0.5) is 5.69 Å². The van der Waals surface area contributed by atoms with Crippen molar-refractivity contribution in [1.82, 2.24) is 14.8 Å². The average molecular weight is 288 g/mol. The molecule has 0 aliphatic heterocycles. The van der Waals surface area contributed by atoms with Gasteiger partial charge in [0.15, 0.2) is 5.96 Å². The number of aliphatic imine (C=N–C) groups is 2. The lowest BCUT2D eigenvalue weighted by Crippen LogP contribution is -2.26. The van der Waals surface area contributed by atoms with Gasteiger partial charge in [-0.2, -0.15) is 4.99 Å². The molecule has 0 radical (unpaired) electrons. The van der Waals surface area contributed by atoms with Crippen molar-refractivity contribution in [2.45, 2.75) is 6.92 Å². The van der Waals surface area contributed by atoms with E-state index in [9.17, 15) is 0 Å². The zero-order valence-corrected chi connectivity index (χ0v) is 11.5. The molecule has 0 aliphatic rings. The molecule has 2 rings (SSSR count). The van der Waals surface area contributed by atoms with Crippen LogP contribution >= 0.6 is 0 Å². The van der Waals surface area contributed by atoms with Gasteiger partial charge >= 0.3 is 0 Å². The molecular weight excluding hydrogens is 272 g/mol. The molecule has 9 heteroatoms. The number of hydrogen-bond acceptors (Lipinski definition) is 4. The highest BCUT2D eigenvalue weighted by Crippen LogP contribution is 2.30. The summed E-state index contributed by atoms with van der Waals surface area (Å²) >= 11 is 0. The maximum atomic E-state index is 5.66. The van der Waals surface area contributed by atoms with Crippen LogP contribution in [0.1, 0.15) is 6.92 Å². The van der Waals surface area contributed by atoms with Crippen molar-refractivity contribution in [3.05, 3.63) is 30.9 Å². The molecule has 110 valence electrons. The molecule has 0 saturated heterocycles. The Morgan fingerprint density at radius 2 is 1.95 bits per heavy atom. The van der Waals surface area contributed by atoms with E-state index in [1.807, 2.05) is 13.0 Å². The number of benzene rings is 1. The normalized spacial score (nSPS) is 11.2. The summed E-state index contributed by atoms with van der Waals surface area (Å²) in [5, 5.41) is 7.51. The van der Waals surface area contributed by atoms with Gasteiger partial charge in [0.1, 0.15) is 24.1 Å². The molecule has 0 atom stereocenters. The molecule has 0 bridgehead atoms. The summed E-state index contributed by atoms with van der Waals surface area (Å²) in [7, 11) is 0. The van der Waals surface area contributed by atoms with Gasteiger partial charge < -0.3 is 21.9 Å². The van der Waals surface area contributed by atoms with Crippen molar-refractivity contribution in [3.8, 4) is 11.4 Å². The molecule has 0 fully saturated rings. The van der Waals surface area contributed by atoms with Crippen molar-refractivity contribution in [2.24, 2.45) is 27.2 Å². The van der Waals surface area contributed by atoms with Crippen LogP contribution in [0.15, 0.2) is 40.8 Å². The van der Waals surface area contributed by atoms with Gasteiger partial charge in [0.25, 0.3) is 0 Å². The number of nitrogens with zero attached hydrogens (tertiary/aromatic N) is 5. The van der Waals surface area contributed by atoms with Crippen molar-refractivity contribution in [3.63, 3.8) is 0 Å². The first-order chi connectivity index (χ1) is 10.1. The first-order valence-electron chi connectivity index (χ1n) is 6.15. The highest BCUT2D eigenvalue weighted by atomic mass is 16.5. The number of rotatable bonds is 4. The highest BCUT2D eigenvalue weighted by molar-refractivity contribution is 5.94. The van der Waals surface area contributed by atoms with Crippen molar-refractivity contribution >= 4 is 17.6 Å². The summed E-state index contributed by atoms with van der Waals surface area (Å²) in [5.74, 6) is 0.351. The number of nitrogens with two attached hydrogens (primary N) is 3. The van der Waals surface area contributed by atoms with Crippen LogP contribution in [0, 0.1) is 0 Å². The van der Waals surface area contributed by atoms with Gasteiger partial charge in [-0.05, 0) is 25.1 Å². The van der Waals surface area contributed by atoms with Gasteiger partial charge in [-0.1, -0.05) is 0 Å². The van der Waals surface area contributed by atoms with Crippen LogP contribution in [-0.4, -0.2) is 33.3 Å². The lowest BCUT2D eigenvalue weighted by atomic mass is 10.2. The minimum Gasteiger partial charge on any atom is -0.492 e. The summed E-state index contributed by atoms with van der Waals surface area (Å²) in [6.45, 7) is 2.37. The second kappa shape index (κ2) is 6.37. The van der Waals surface area contributed by atoms with E-state index in [1.165, 1.54) is 0 Å². The van der Waals surface area contributed by atoms with Crippen LogP contribution in [0.3, 0.4) is 0 Å². The topological polar surface area (TPSA) is 143 Å². The molecule has 21 heavy (non-hydrogen) atoms. The molecule has 1 aromatic heterocycles. The third kappa shape index (κ3) is 3.69. The monoisotopic (exact) mass is 288 g/mol. The van der Waals surface area contributed by atoms with Gasteiger partial charge in [-0.15, -0.1) is 10.2 Å². The molecule has 1 heterocycles. The summed E-state index contributed by atoms with van der Waals surface area (Å²) < 4.78 is 7.23. The molecule has 9 nitrogen and oxygen atoms in total. The van der Waals surface area contributed by atoms with Gasteiger partial charge in [0.2, 0.25) is 5.96 Å². The van der Waals surface area contributed by atoms with Gasteiger partial charge in [-0.3, -0.25) is 4.57 Å². The van der Waals surface area contributed by atoms with E-state index in [-0.39, 0.29) is 11.9 Å². The summed E-state index contributed by atoms with van der Waals surface area (Å²) in [4.78, 5) is 7.84. The van der Waals surface area contributed by atoms with Crippen LogP contribution in [-0.2, 0) is 0 Å². The number of guanidine groups is 2. The predicted octanol–water partition coefficient (Wildman–Crippen LogP) is -0.114. The maximum absolute atomic E-state index is 5.66. The summed E-state index contributed by atoms with van der Waals surface area (Å²) in [6, 6.07) is 5.40. The van der Waals surface area contributed by atoms with E-state index >= 15 is 0 Å². The Labute approximate surface area is 121 Å². The third-order valence-electron chi connectivity index (χ3n) is 2.44. The molecule has 0 unspecified atom stereocenters. The molecule has 6 N–H and O–H groups in total. The highest BCUT2D eigenvalue weighted by Gasteiger charge is 2.06. The standard InChI is InChI=1S/C12H16N8O/c1-2-21-10-4-3-8(20-6-16-17-7-20)5-9(10)18-12(15)19-11(13)14/h3-7H,2H2,1H3,(H6,13,14,15,18,19). The second-order valence-electron chi connectivity index (χ2n) is 3.96. The van der Waals surface area contributed by atoms with Crippen LogP contribution in [0.25, 0.3) is 5.69 Å². The molecule has 1 aromatic carbocycles. The van der Waals surface area contributed by atoms with Gasteiger partial charge in [0, 0.05) is 0 Å². The van der Waals surface area contributed by atoms with Crippen molar-refractivity contribution < 1.29 is 4.74 Å². The Morgan fingerprint density at radius 3 is 2.57 bits per heavy atom. The second-order valence-corrected chi connectivity index (χ2v) is 3.96. The van der Waals surface area contributed by atoms with E-state index in [4.69, 9.17) is 21.9 Å². The quantitative estimate of drug-likeness (QED) is 0.529. The Kier molecular flexibility index (Phi) is 4.34. The molecule has 2 aromatic rings. The average Bonchev–Trinajstić information content (AvgIpc) is 2.94. The zero-order valence-electron chi connectivity index (χ0n) is 11.5. The molecular formula is C12H16N8O. The van der Waals surface area contributed by atoms with Crippen LogP contribution < -0.4 is 21.9 Å². The Hall–Kier alpha value is -3.10. The van der Waals surface area contributed by atoms with Gasteiger partial charge in [0.05, 0.1) is 12.3 Å². The Balaban J connectivity index is 2.44. The van der Waals surface area contributed by atoms with E-state index in [0.717, 1.165) is 5.69 Å². The van der Waals surface area contributed by atoms with E-state index in [2.05, 4.69) is 20.2 Å². The smallest absolute Gasteiger partial charge is 0.223 e. The molecule has 0 saturated carbocycles. The van der Waals surface area contributed by atoms with E-state index in [0.29, 0.717) is 18.0 Å². The first-order valence-corrected chi connectivity index (χ1v) is 6.15. The fourth-order valence-corrected chi connectivity index (χ4v) is 1.65.